The third-order valence-electron chi connectivity index (χ3n) is 5.96. The summed E-state index contributed by atoms with van der Waals surface area (Å²) in [6, 6.07) is 26.4. The Morgan fingerprint density at radius 3 is 2.63 bits per heavy atom. The topological polar surface area (TPSA) is 71.8 Å². The number of carbonyl (C=O) groups excluding carboxylic acids is 2. The summed E-state index contributed by atoms with van der Waals surface area (Å²) in [6.07, 6.45) is 0.667. The van der Waals surface area contributed by atoms with Crippen molar-refractivity contribution in [2.75, 3.05) is 18.5 Å². The van der Waals surface area contributed by atoms with Crippen LogP contribution in [-0.2, 0) is 17.8 Å². The van der Waals surface area contributed by atoms with Gasteiger partial charge in [0.05, 0.1) is 0 Å². The Balaban J connectivity index is 1.25. The minimum atomic E-state index is -0.241. The monoisotopic (exact) mass is 466 g/mol. The highest BCUT2D eigenvalue weighted by Gasteiger charge is 2.25. The van der Waals surface area contributed by atoms with Crippen LogP contribution < -0.4 is 10.1 Å². The molecule has 1 aromatic heterocycles. The molecule has 6 heteroatoms. The maximum atomic E-state index is 13.0. The standard InChI is InChI=1S/C29H26N2O4/c1-20-7-5-9-22(15-20)29(33)31-14-13-26-23(18-31)17-27(35-26)21-8-6-10-24(16-21)30-28(32)19-34-25-11-3-2-4-12-25/h2-12,15-17H,13-14,18-19H2,1H3,(H,30,32). The highest BCUT2D eigenvalue weighted by atomic mass is 16.5. The number of ether oxygens (including phenoxy) is 1. The molecule has 35 heavy (non-hydrogen) atoms. The van der Waals surface area contributed by atoms with Crippen molar-refractivity contribution in [3.05, 3.63) is 107 Å². The first kappa shape index (κ1) is 22.5. The Kier molecular flexibility index (Phi) is 6.35. The van der Waals surface area contributed by atoms with E-state index in [1.54, 1.807) is 0 Å². The van der Waals surface area contributed by atoms with Crippen LogP contribution in [0.4, 0.5) is 5.69 Å². The van der Waals surface area contributed by atoms with E-state index in [1.807, 2.05) is 96.8 Å². The van der Waals surface area contributed by atoms with Crippen LogP contribution in [-0.4, -0.2) is 29.9 Å². The SMILES string of the molecule is Cc1cccc(C(=O)N2CCc3oc(-c4cccc(NC(=O)COc5ccccc5)c4)cc3C2)c1. The van der Waals surface area contributed by atoms with Crippen LogP contribution in [0.15, 0.2) is 89.3 Å². The van der Waals surface area contributed by atoms with Crippen molar-refractivity contribution >= 4 is 17.5 Å². The number of anilines is 1. The molecule has 2 heterocycles. The summed E-state index contributed by atoms with van der Waals surface area (Å²) in [5, 5.41) is 2.87. The highest BCUT2D eigenvalue weighted by molar-refractivity contribution is 5.94. The fourth-order valence-electron chi connectivity index (χ4n) is 4.22. The minimum Gasteiger partial charge on any atom is -0.484 e. The Morgan fingerprint density at radius 2 is 1.80 bits per heavy atom. The molecule has 0 radical (unpaired) electrons. The maximum Gasteiger partial charge on any atom is 0.262 e. The van der Waals surface area contributed by atoms with Gasteiger partial charge in [-0.2, -0.15) is 0 Å². The molecule has 1 aliphatic heterocycles. The van der Waals surface area contributed by atoms with Gasteiger partial charge < -0.3 is 19.4 Å². The number of aryl methyl sites for hydroxylation is 1. The number of rotatable bonds is 6. The van der Waals surface area contributed by atoms with Gasteiger partial charge in [-0.3, -0.25) is 9.59 Å². The quantitative estimate of drug-likeness (QED) is 0.409. The molecule has 5 rings (SSSR count). The fraction of sp³-hybridized carbons (Fsp3) is 0.172. The van der Waals surface area contributed by atoms with Crippen molar-refractivity contribution in [3.63, 3.8) is 0 Å². The number of nitrogens with zero attached hydrogens (tertiary/aromatic N) is 1. The number of nitrogens with one attached hydrogen (secondary N) is 1. The van der Waals surface area contributed by atoms with Gasteiger partial charge in [-0.1, -0.05) is 48.0 Å². The van der Waals surface area contributed by atoms with E-state index in [9.17, 15) is 9.59 Å². The first-order chi connectivity index (χ1) is 17.0. The number of hydrogen-bond acceptors (Lipinski definition) is 4. The van der Waals surface area contributed by atoms with E-state index in [-0.39, 0.29) is 18.4 Å². The van der Waals surface area contributed by atoms with Gasteiger partial charge in [-0.05, 0) is 49.4 Å². The molecular weight excluding hydrogens is 440 g/mol. The summed E-state index contributed by atoms with van der Waals surface area (Å²) in [5.41, 5.74) is 4.31. The molecule has 0 spiro atoms. The van der Waals surface area contributed by atoms with Gasteiger partial charge in [-0.25, -0.2) is 0 Å². The molecule has 1 N–H and O–H groups in total. The second-order valence-corrected chi connectivity index (χ2v) is 8.64. The Labute approximate surface area is 204 Å². The highest BCUT2D eigenvalue weighted by Crippen LogP contribution is 2.31. The molecule has 4 aromatic rings. The summed E-state index contributed by atoms with van der Waals surface area (Å²) in [5.74, 6) is 2.06. The van der Waals surface area contributed by atoms with Crippen molar-refractivity contribution in [2.45, 2.75) is 19.9 Å². The van der Waals surface area contributed by atoms with E-state index in [1.165, 1.54) is 0 Å². The van der Waals surface area contributed by atoms with Crippen molar-refractivity contribution in [2.24, 2.45) is 0 Å². The van der Waals surface area contributed by atoms with Gasteiger partial charge in [0.25, 0.3) is 11.8 Å². The zero-order chi connectivity index (χ0) is 24.2. The van der Waals surface area contributed by atoms with Crippen LogP contribution in [0.5, 0.6) is 5.75 Å². The number of hydrogen-bond donors (Lipinski definition) is 1. The molecule has 0 atom stereocenters. The largest absolute Gasteiger partial charge is 0.484 e. The number of benzene rings is 3. The molecule has 0 bridgehead atoms. The van der Waals surface area contributed by atoms with E-state index in [4.69, 9.17) is 9.15 Å². The predicted octanol–water partition coefficient (Wildman–Crippen LogP) is 5.47. The molecule has 0 saturated carbocycles. The maximum absolute atomic E-state index is 13.0. The molecular formula is C29H26N2O4. The van der Waals surface area contributed by atoms with Crippen molar-refractivity contribution in [1.29, 1.82) is 0 Å². The summed E-state index contributed by atoms with van der Waals surface area (Å²) in [6.45, 7) is 3.04. The van der Waals surface area contributed by atoms with Gasteiger partial charge in [0.15, 0.2) is 6.61 Å². The summed E-state index contributed by atoms with van der Waals surface area (Å²) in [4.78, 5) is 27.2. The average molecular weight is 467 g/mol. The zero-order valence-electron chi connectivity index (χ0n) is 19.5. The Hall–Kier alpha value is -4.32. The first-order valence-corrected chi connectivity index (χ1v) is 11.6. The van der Waals surface area contributed by atoms with E-state index < -0.39 is 0 Å². The lowest BCUT2D eigenvalue weighted by atomic mass is 10.1. The zero-order valence-corrected chi connectivity index (χ0v) is 19.5. The molecule has 0 saturated heterocycles. The van der Waals surface area contributed by atoms with Crippen LogP contribution in [0.1, 0.15) is 27.2 Å². The lowest BCUT2D eigenvalue weighted by molar-refractivity contribution is -0.118. The van der Waals surface area contributed by atoms with Crippen LogP contribution >= 0.6 is 0 Å². The number of furan rings is 1. The second-order valence-electron chi connectivity index (χ2n) is 8.64. The van der Waals surface area contributed by atoms with Gasteiger partial charge in [-0.15, -0.1) is 0 Å². The molecule has 3 aromatic carbocycles. The van der Waals surface area contributed by atoms with Gasteiger partial charge in [0.2, 0.25) is 0 Å². The summed E-state index contributed by atoms with van der Waals surface area (Å²) in [7, 11) is 0. The third-order valence-corrected chi connectivity index (χ3v) is 5.96. The van der Waals surface area contributed by atoms with Crippen LogP contribution in [0.25, 0.3) is 11.3 Å². The second kappa shape index (κ2) is 9.89. The molecule has 1 aliphatic rings. The van der Waals surface area contributed by atoms with E-state index in [0.717, 1.165) is 28.2 Å². The minimum absolute atomic E-state index is 0.0320. The predicted molar refractivity (Wildman–Crippen MR) is 134 cm³/mol. The van der Waals surface area contributed by atoms with Gasteiger partial charge in [0, 0.05) is 41.9 Å². The smallest absolute Gasteiger partial charge is 0.262 e. The normalized spacial score (nSPS) is 12.7. The fourth-order valence-corrected chi connectivity index (χ4v) is 4.22. The molecule has 0 unspecified atom stereocenters. The molecule has 2 amide bonds. The number of carbonyl (C=O) groups is 2. The number of para-hydroxylation sites is 1. The van der Waals surface area contributed by atoms with Crippen molar-refractivity contribution in [1.82, 2.24) is 4.90 Å². The third kappa shape index (κ3) is 5.27. The molecule has 0 aliphatic carbocycles. The van der Waals surface area contributed by atoms with E-state index in [0.29, 0.717) is 36.5 Å². The van der Waals surface area contributed by atoms with Crippen LogP contribution in [0.3, 0.4) is 0 Å². The lowest BCUT2D eigenvalue weighted by Crippen LogP contribution is -2.35. The molecule has 0 fully saturated rings. The average Bonchev–Trinajstić information content (AvgIpc) is 3.31. The van der Waals surface area contributed by atoms with Gasteiger partial charge >= 0.3 is 0 Å². The van der Waals surface area contributed by atoms with Gasteiger partial charge in [0.1, 0.15) is 17.3 Å². The van der Waals surface area contributed by atoms with Crippen molar-refractivity contribution in [3.8, 4) is 17.1 Å². The Morgan fingerprint density at radius 1 is 0.971 bits per heavy atom. The molecule has 6 nitrogen and oxygen atoms in total. The van der Waals surface area contributed by atoms with E-state index >= 15 is 0 Å². The van der Waals surface area contributed by atoms with Crippen molar-refractivity contribution < 1.29 is 18.7 Å². The van der Waals surface area contributed by atoms with E-state index in [2.05, 4.69) is 5.32 Å². The Bertz CT molecular complexity index is 1360. The number of fused-ring (bicyclic) bond motifs is 1. The number of amides is 2. The first-order valence-electron chi connectivity index (χ1n) is 11.6. The lowest BCUT2D eigenvalue weighted by Gasteiger charge is -2.26. The molecule has 176 valence electrons. The summed E-state index contributed by atoms with van der Waals surface area (Å²) < 4.78 is 11.7. The summed E-state index contributed by atoms with van der Waals surface area (Å²) >= 11 is 0. The van der Waals surface area contributed by atoms with Crippen LogP contribution in [0.2, 0.25) is 0 Å². The van der Waals surface area contributed by atoms with Crippen LogP contribution in [0, 0.1) is 6.92 Å².